The number of rotatable bonds is 2. The maximum absolute atomic E-state index is 12.8. The summed E-state index contributed by atoms with van der Waals surface area (Å²) in [4.78, 5) is 11.3. The van der Waals surface area contributed by atoms with Crippen molar-refractivity contribution in [3.8, 4) is 11.5 Å². The number of methoxy groups -OCH3 is 1. The second kappa shape index (κ2) is 6.35. The van der Waals surface area contributed by atoms with E-state index in [0.29, 0.717) is 5.56 Å². The molecule has 0 amide bonds. The highest BCUT2D eigenvalue weighted by atomic mass is 28.3. The van der Waals surface area contributed by atoms with Gasteiger partial charge in [0.15, 0.2) is 0 Å². The third-order valence-corrected chi connectivity index (χ3v) is 3.45. The highest BCUT2D eigenvalue weighted by Crippen LogP contribution is 2.30. The van der Waals surface area contributed by atoms with E-state index in [9.17, 15) is 18.0 Å². The molecular formula is C15H17F3O2Si. The molecule has 1 aromatic carbocycles. The van der Waals surface area contributed by atoms with E-state index in [1.807, 2.05) is 19.6 Å². The summed E-state index contributed by atoms with van der Waals surface area (Å²) < 4.78 is 42.9. The van der Waals surface area contributed by atoms with Crippen molar-refractivity contribution in [2.75, 3.05) is 7.11 Å². The fourth-order valence-corrected chi connectivity index (χ4v) is 2.02. The molecule has 0 N–H and O–H groups in total. The monoisotopic (exact) mass is 314 g/mol. The van der Waals surface area contributed by atoms with Gasteiger partial charge in [0.2, 0.25) is 0 Å². The average molecular weight is 314 g/mol. The second-order valence-electron chi connectivity index (χ2n) is 5.62. The van der Waals surface area contributed by atoms with Crippen LogP contribution in [-0.2, 0) is 22.1 Å². The SMILES string of the molecule is COC(=O)Cc1ccc(C(F)(F)F)cc1C#C[Si](C)(C)C. The van der Waals surface area contributed by atoms with Crippen molar-refractivity contribution in [2.24, 2.45) is 0 Å². The number of carbonyl (C=O) groups is 1. The van der Waals surface area contributed by atoms with Crippen molar-refractivity contribution < 1.29 is 22.7 Å². The van der Waals surface area contributed by atoms with Crippen LogP contribution in [0.2, 0.25) is 19.6 Å². The molecule has 0 fully saturated rings. The van der Waals surface area contributed by atoms with Gasteiger partial charge in [-0.3, -0.25) is 4.79 Å². The number of benzene rings is 1. The van der Waals surface area contributed by atoms with Crippen LogP contribution in [0.5, 0.6) is 0 Å². The molecule has 0 bridgehead atoms. The van der Waals surface area contributed by atoms with Gasteiger partial charge in [-0.2, -0.15) is 13.2 Å². The van der Waals surface area contributed by atoms with Crippen LogP contribution >= 0.6 is 0 Å². The Hall–Kier alpha value is -1.74. The van der Waals surface area contributed by atoms with Crippen LogP contribution in [0.25, 0.3) is 0 Å². The molecule has 6 heteroatoms. The van der Waals surface area contributed by atoms with Gasteiger partial charge in [-0.25, -0.2) is 0 Å². The van der Waals surface area contributed by atoms with E-state index in [-0.39, 0.29) is 12.0 Å². The van der Waals surface area contributed by atoms with Crippen molar-refractivity contribution in [1.82, 2.24) is 0 Å². The summed E-state index contributed by atoms with van der Waals surface area (Å²) in [6.07, 6.45) is -4.52. The van der Waals surface area contributed by atoms with Gasteiger partial charge in [0, 0.05) is 5.56 Å². The molecule has 0 heterocycles. The number of hydrogen-bond donors (Lipinski definition) is 0. The molecule has 0 spiro atoms. The van der Waals surface area contributed by atoms with Crippen molar-refractivity contribution in [1.29, 1.82) is 0 Å². The molecule has 1 rings (SSSR count). The first-order valence-corrected chi connectivity index (χ1v) is 9.83. The van der Waals surface area contributed by atoms with Crippen LogP contribution in [0.3, 0.4) is 0 Å². The van der Waals surface area contributed by atoms with Gasteiger partial charge in [0.1, 0.15) is 8.07 Å². The molecule has 0 saturated carbocycles. The summed E-state index contributed by atoms with van der Waals surface area (Å²) in [7, 11) is -0.497. The summed E-state index contributed by atoms with van der Waals surface area (Å²) in [6, 6.07) is 3.23. The number of esters is 1. The standard InChI is InChI=1S/C15H17F3O2Si/c1-20-14(19)10-11-5-6-13(15(16,17)18)9-12(11)7-8-21(2,3)4/h5-6,9H,10H2,1-4H3. The zero-order chi connectivity index (χ0) is 16.3. The number of hydrogen-bond acceptors (Lipinski definition) is 2. The predicted octanol–water partition coefficient (Wildman–Crippen LogP) is 3.65. The van der Waals surface area contributed by atoms with Gasteiger partial charge >= 0.3 is 12.1 Å². The molecule has 0 aliphatic carbocycles. The molecule has 0 atom stereocenters. The number of halogens is 3. The normalized spacial score (nSPS) is 11.6. The van der Waals surface area contributed by atoms with Crippen LogP contribution in [0.1, 0.15) is 16.7 Å². The Balaban J connectivity index is 3.30. The fourth-order valence-electron chi connectivity index (χ4n) is 1.51. The first-order chi connectivity index (χ1) is 9.53. The smallest absolute Gasteiger partial charge is 0.416 e. The van der Waals surface area contributed by atoms with Crippen LogP contribution in [0.15, 0.2) is 18.2 Å². The zero-order valence-electron chi connectivity index (χ0n) is 12.4. The number of carbonyl (C=O) groups excluding carboxylic acids is 1. The highest BCUT2D eigenvalue weighted by Gasteiger charge is 2.31. The van der Waals surface area contributed by atoms with E-state index in [1.54, 1.807) is 0 Å². The van der Waals surface area contributed by atoms with E-state index in [1.165, 1.54) is 13.2 Å². The maximum atomic E-state index is 12.8. The predicted molar refractivity (Wildman–Crippen MR) is 77.4 cm³/mol. The first-order valence-electron chi connectivity index (χ1n) is 6.33. The fraction of sp³-hybridized carbons (Fsp3) is 0.400. The number of alkyl halides is 3. The van der Waals surface area contributed by atoms with Crippen LogP contribution in [-0.4, -0.2) is 21.2 Å². The van der Waals surface area contributed by atoms with E-state index < -0.39 is 25.8 Å². The summed E-state index contributed by atoms with van der Waals surface area (Å²) in [5, 5.41) is 0. The molecule has 114 valence electrons. The van der Waals surface area contributed by atoms with Gasteiger partial charge in [-0.15, -0.1) is 5.54 Å². The Morgan fingerprint density at radius 3 is 2.38 bits per heavy atom. The van der Waals surface area contributed by atoms with Crippen molar-refractivity contribution in [2.45, 2.75) is 32.2 Å². The molecular weight excluding hydrogens is 297 g/mol. The third kappa shape index (κ3) is 5.64. The number of ether oxygens (including phenoxy) is 1. The van der Waals surface area contributed by atoms with Gasteiger partial charge in [0.25, 0.3) is 0 Å². The molecule has 0 saturated heterocycles. The van der Waals surface area contributed by atoms with Crippen LogP contribution in [0, 0.1) is 11.5 Å². The minimum absolute atomic E-state index is 0.0929. The molecule has 0 aliphatic heterocycles. The second-order valence-corrected chi connectivity index (χ2v) is 10.4. The maximum Gasteiger partial charge on any atom is 0.416 e. The Morgan fingerprint density at radius 1 is 1.29 bits per heavy atom. The lowest BCUT2D eigenvalue weighted by Gasteiger charge is -2.10. The topological polar surface area (TPSA) is 26.3 Å². The molecule has 2 nitrogen and oxygen atoms in total. The summed E-state index contributed by atoms with van der Waals surface area (Å²) in [5.74, 6) is 2.29. The third-order valence-electron chi connectivity index (χ3n) is 2.57. The first kappa shape index (κ1) is 17.3. The van der Waals surface area contributed by atoms with Gasteiger partial charge < -0.3 is 4.74 Å². The quantitative estimate of drug-likeness (QED) is 0.473. The Morgan fingerprint density at radius 2 is 1.90 bits per heavy atom. The van der Waals surface area contributed by atoms with Crippen LogP contribution < -0.4 is 0 Å². The minimum atomic E-state index is -4.43. The van der Waals surface area contributed by atoms with Crippen LogP contribution in [0.4, 0.5) is 13.2 Å². The van der Waals surface area contributed by atoms with Gasteiger partial charge in [-0.05, 0) is 17.7 Å². The largest absolute Gasteiger partial charge is 0.469 e. The molecule has 21 heavy (non-hydrogen) atoms. The Labute approximate surface area is 123 Å². The Bertz CT molecular complexity index is 590. The van der Waals surface area contributed by atoms with E-state index in [2.05, 4.69) is 16.2 Å². The molecule has 1 aromatic rings. The average Bonchev–Trinajstić information content (AvgIpc) is 2.35. The van der Waals surface area contributed by atoms with Crippen molar-refractivity contribution in [3.63, 3.8) is 0 Å². The minimum Gasteiger partial charge on any atom is -0.469 e. The van der Waals surface area contributed by atoms with Crippen molar-refractivity contribution >= 4 is 14.0 Å². The highest BCUT2D eigenvalue weighted by molar-refractivity contribution is 6.83. The molecule has 0 aliphatic rings. The molecule has 0 unspecified atom stereocenters. The summed E-state index contributed by atoms with van der Waals surface area (Å²) >= 11 is 0. The Kier molecular flexibility index (Phi) is 5.24. The van der Waals surface area contributed by atoms with E-state index in [0.717, 1.165) is 12.1 Å². The van der Waals surface area contributed by atoms with Crippen molar-refractivity contribution in [3.05, 3.63) is 34.9 Å². The van der Waals surface area contributed by atoms with Gasteiger partial charge in [0.05, 0.1) is 19.1 Å². The van der Waals surface area contributed by atoms with E-state index >= 15 is 0 Å². The lowest BCUT2D eigenvalue weighted by atomic mass is 10.0. The zero-order valence-corrected chi connectivity index (χ0v) is 13.4. The molecule has 0 aromatic heterocycles. The lowest BCUT2D eigenvalue weighted by molar-refractivity contribution is -0.139. The summed E-state index contributed by atoms with van der Waals surface area (Å²) in [6.45, 7) is 5.98. The van der Waals surface area contributed by atoms with E-state index in [4.69, 9.17) is 0 Å². The summed E-state index contributed by atoms with van der Waals surface area (Å²) in [5.41, 5.74) is 2.93. The molecule has 0 radical (unpaired) electrons. The lowest BCUT2D eigenvalue weighted by Crippen LogP contribution is -2.16. The van der Waals surface area contributed by atoms with Gasteiger partial charge in [-0.1, -0.05) is 31.6 Å².